The van der Waals surface area contributed by atoms with Crippen molar-refractivity contribution in [1.29, 1.82) is 0 Å². The van der Waals surface area contributed by atoms with Crippen LogP contribution in [0, 0.1) is 0 Å². The molecule has 82 valence electrons. The SMILES string of the molecule is C=CCc1cccc2oc(C(N)=O)c(O)c12. The molecule has 0 atom stereocenters. The molecule has 1 aromatic heterocycles. The molecular formula is C12H11NO3. The van der Waals surface area contributed by atoms with Crippen LogP contribution in [0.25, 0.3) is 11.0 Å². The molecule has 0 aliphatic carbocycles. The van der Waals surface area contributed by atoms with E-state index in [1.165, 1.54) is 0 Å². The first kappa shape index (κ1) is 10.3. The average molecular weight is 217 g/mol. The minimum atomic E-state index is -0.779. The number of fused-ring (bicyclic) bond motifs is 1. The summed E-state index contributed by atoms with van der Waals surface area (Å²) >= 11 is 0. The molecule has 2 aromatic rings. The Morgan fingerprint density at radius 1 is 1.56 bits per heavy atom. The number of primary amides is 1. The largest absolute Gasteiger partial charge is 0.504 e. The Kier molecular flexibility index (Phi) is 2.40. The van der Waals surface area contributed by atoms with E-state index in [9.17, 15) is 9.90 Å². The van der Waals surface area contributed by atoms with Crippen molar-refractivity contribution in [3.05, 3.63) is 42.2 Å². The number of carbonyl (C=O) groups is 1. The zero-order chi connectivity index (χ0) is 11.7. The highest BCUT2D eigenvalue weighted by Gasteiger charge is 2.19. The first-order chi connectivity index (χ1) is 7.65. The number of aromatic hydroxyl groups is 1. The van der Waals surface area contributed by atoms with Crippen LogP contribution in [-0.4, -0.2) is 11.0 Å². The van der Waals surface area contributed by atoms with E-state index < -0.39 is 5.91 Å². The van der Waals surface area contributed by atoms with E-state index in [2.05, 4.69) is 6.58 Å². The Morgan fingerprint density at radius 2 is 2.31 bits per heavy atom. The summed E-state index contributed by atoms with van der Waals surface area (Å²) in [5.74, 6) is -1.18. The maximum atomic E-state index is 11.0. The molecule has 3 N–H and O–H groups in total. The molecule has 0 bridgehead atoms. The molecule has 1 aromatic carbocycles. The summed E-state index contributed by atoms with van der Waals surface area (Å²) in [4.78, 5) is 11.0. The number of rotatable bonds is 3. The first-order valence-electron chi connectivity index (χ1n) is 4.79. The van der Waals surface area contributed by atoms with Crippen molar-refractivity contribution in [3.8, 4) is 5.75 Å². The van der Waals surface area contributed by atoms with Crippen molar-refractivity contribution < 1.29 is 14.3 Å². The average Bonchev–Trinajstić information content (AvgIpc) is 2.58. The van der Waals surface area contributed by atoms with Crippen LogP contribution in [0.4, 0.5) is 0 Å². The zero-order valence-electron chi connectivity index (χ0n) is 8.56. The van der Waals surface area contributed by atoms with Crippen LogP contribution in [0.15, 0.2) is 35.3 Å². The molecule has 0 radical (unpaired) electrons. The van der Waals surface area contributed by atoms with Gasteiger partial charge in [0.1, 0.15) is 5.58 Å². The Labute approximate surface area is 92.0 Å². The fourth-order valence-corrected chi connectivity index (χ4v) is 1.69. The third-order valence-electron chi connectivity index (χ3n) is 2.36. The lowest BCUT2D eigenvalue weighted by Crippen LogP contribution is -2.09. The molecule has 0 saturated carbocycles. The van der Waals surface area contributed by atoms with Crippen molar-refractivity contribution in [1.82, 2.24) is 0 Å². The van der Waals surface area contributed by atoms with Gasteiger partial charge in [-0.1, -0.05) is 18.2 Å². The first-order valence-corrected chi connectivity index (χ1v) is 4.79. The van der Waals surface area contributed by atoms with Crippen LogP contribution in [-0.2, 0) is 6.42 Å². The van der Waals surface area contributed by atoms with Crippen LogP contribution >= 0.6 is 0 Å². The van der Waals surface area contributed by atoms with Gasteiger partial charge in [0.15, 0.2) is 5.75 Å². The number of furan rings is 1. The van der Waals surface area contributed by atoms with Gasteiger partial charge in [0.2, 0.25) is 5.76 Å². The van der Waals surface area contributed by atoms with E-state index in [0.717, 1.165) is 5.56 Å². The topological polar surface area (TPSA) is 76.5 Å². The normalized spacial score (nSPS) is 10.5. The lowest BCUT2D eigenvalue weighted by Gasteiger charge is -1.98. The fraction of sp³-hybridized carbons (Fsp3) is 0.0833. The zero-order valence-corrected chi connectivity index (χ0v) is 8.56. The van der Waals surface area contributed by atoms with E-state index in [1.54, 1.807) is 18.2 Å². The molecule has 0 aliphatic rings. The van der Waals surface area contributed by atoms with Crippen LogP contribution in [0.3, 0.4) is 0 Å². The van der Waals surface area contributed by atoms with Crippen molar-refractivity contribution in [2.75, 3.05) is 0 Å². The maximum Gasteiger partial charge on any atom is 0.288 e. The van der Waals surface area contributed by atoms with Gasteiger partial charge in [0, 0.05) is 0 Å². The summed E-state index contributed by atoms with van der Waals surface area (Å²) in [7, 11) is 0. The summed E-state index contributed by atoms with van der Waals surface area (Å²) in [5, 5.41) is 10.4. The monoisotopic (exact) mass is 217 g/mol. The Balaban J connectivity index is 2.76. The Morgan fingerprint density at radius 3 is 2.94 bits per heavy atom. The predicted octanol–water partition coefficient (Wildman–Crippen LogP) is 1.97. The summed E-state index contributed by atoms with van der Waals surface area (Å²) in [6.07, 6.45) is 2.30. The van der Waals surface area contributed by atoms with Gasteiger partial charge in [0.25, 0.3) is 5.91 Å². The second kappa shape index (κ2) is 3.73. The molecule has 0 saturated heterocycles. The highest BCUT2D eigenvalue weighted by atomic mass is 16.4. The minimum Gasteiger partial charge on any atom is -0.504 e. The summed E-state index contributed by atoms with van der Waals surface area (Å²) in [6, 6.07) is 5.30. The van der Waals surface area contributed by atoms with E-state index in [4.69, 9.17) is 10.2 Å². The molecule has 0 unspecified atom stereocenters. The molecule has 0 spiro atoms. The maximum absolute atomic E-state index is 11.0. The van der Waals surface area contributed by atoms with Crippen molar-refractivity contribution in [3.63, 3.8) is 0 Å². The summed E-state index contributed by atoms with van der Waals surface area (Å²) < 4.78 is 5.19. The molecular weight excluding hydrogens is 206 g/mol. The molecule has 1 amide bonds. The molecule has 4 heteroatoms. The number of allylic oxidation sites excluding steroid dienone is 1. The van der Waals surface area contributed by atoms with Gasteiger partial charge < -0.3 is 15.3 Å². The van der Waals surface area contributed by atoms with Crippen molar-refractivity contribution >= 4 is 16.9 Å². The molecule has 2 rings (SSSR count). The number of hydrogen-bond acceptors (Lipinski definition) is 3. The van der Waals surface area contributed by atoms with E-state index in [-0.39, 0.29) is 11.5 Å². The third kappa shape index (κ3) is 1.44. The van der Waals surface area contributed by atoms with Crippen LogP contribution in [0.2, 0.25) is 0 Å². The van der Waals surface area contributed by atoms with Crippen LogP contribution < -0.4 is 5.73 Å². The standard InChI is InChI=1S/C12H11NO3/c1-2-4-7-5-3-6-8-9(7)10(14)11(16-8)12(13)15/h2-3,5-6,14H,1,4H2,(H2,13,15). The van der Waals surface area contributed by atoms with Gasteiger partial charge >= 0.3 is 0 Å². The summed E-state index contributed by atoms with van der Waals surface area (Å²) in [5.41, 5.74) is 6.39. The molecule has 0 fully saturated rings. The fourth-order valence-electron chi connectivity index (χ4n) is 1.69. The molecule has 1 heterocycles. The number of nitrogens with two attached hydrogens (primary N) is 1. The van der Waals surface area contributed by atoms with Crippen LogP contribution in [0.5, 0.6) is 5.75 Å². The smallest absolute Gasteiger partial charge is 0.288 e. The summed E-state index contributed by atoms with van der Waals surface area (Å²) in [6.45, 7) is 3.63. The second-order valence-electron chi connectivity index (χ2n) is 3.43. The quantitative estimate of drug-likeness (QED) is 0.771. The van der Waals surface area contributed by atoms with E-state index in [1.807, 2.05) is 6.07 Å². The minimum absolute atomic E-state index is 0.194. The molecule has 4 nitrogen and oxygen atoms in total. The highest BCUT2D eigenvalue weighted by Crippen LogP contribution is 2.34. The highest BCUT2D eigenvalue weighted by molar-refractivity contribution is 6.01. The van der Waals surface area contributed by atoms with Crippen LogP contribution in [0.1, 0.15) is 16.1 Å². The van der Waals surface area contributed by atoms with Gasteiger partial charge in [-0.3, -0.25) is 4.79 Å². The van der Waals surface area contributed by atoms with Gasteiger partial charge in [-0.15, -0.1) is 6.58 Å². The van der Waals surface area contributed by atoms with E-state index in [0.29, 0.717) is 17.4 Å². The third-order valence-corrected chi connectivity index (χ3v) is 2.36. The van der Waals surface area contributed by atoms with E-state index >= 15 is 0 Å². The van der Waals surface area contributed by atoms with Gasteiger partial charge in [0.05, 0.1) is 5.39 Å². The molecule has 16 heavy (non-hydrogen) atoms. The number of carbonyl (C=O) groups excluding carboxylic acids is 1. The lowest BCUT2D eigenvalue weighted by atomic mass is 10.1. The van der Waals surface area contributed by atoms with Gasteiger partial charge in [-0.05, 0) is 18.1 Å². The molecule has 0 aliphatic heterocycles. The van der Waals surface area contributed by atoms with Gasteiger partial charge in [-0.25, -0.2) is 0 Å². The number of benzene rings is 1. The van der Waals surface area contributed by atoms with Crippen molar-refractivity contribution in [2.24, 2.45) is 5.73 Å². The Hall–Kier alpha value is -2.23. The second-order valence-corrected chi connectivity index (χ2v) is 3.43. The van der Waals surface area contributed by atoms with Crippen molar-refractivity contribution in [2.45, 2.75) is 6.42 Å². The van der Waals surface area contributed by atoms with Gasteiger partial charge in [-0.2, -0.15) is 0 Å². The number of amides is 1. The predicted molar refractivity (Wildman–Crippen MR) is 60.3 cm³/mol. The number of hydrogen-bond donors (Lipinski definition) is 2. The Bertz CT molecular complexity index is 569. The lowest BCUT2D eigenvalue weighted by molar-refractivity contribution is 0.0972.